The molecule has 3 rings (SSSR count). The summed E-state index contributed by atoms with van der Waals surface area (Å²) in [6, 6.07) is 9.38. The summed E-state index contributed by atoms with van der Waals surface area (Å²) in [6.07, 6.45) is 1.29. The lowest BCUT2D eigenvalue weighted by Gasteiger charge is -2.13. The van der Waals surface area contributed by atoms with E-state index in [-0.39, 0.29) is 10.9 Å². The van der Waals surface area contributed by atoms with E-state index in [0.29, 0.717) is 28.9 Å². The van der Waals surface area contributed by atoms with E-state index in [2.05, 4.69) is 0 Å². The van der Waals surface area contributed by atoms with Crippen molar-refractivity contribution >= 4 is 22.6 Å². The molecule has 6 heteroatoms. The second-order valence-electron chi connectivity index (χ2n) is 5.43. The molecule has 1 aromatic heterocycles. The van der Waals surface area contributed by atoms with Crippen LogP contribution >= 0.6 is 0 Å². The van der Waals surface area contributed by atoms with Crippen LogP contribution in [0.2, 0.25) is 0 Å². The van der Waals surface area contributed by atoms with Crippen molar-refractivity contribution in [2.75, 3.05) is 5.73 Å². The van der Waals surface area contributed by atoms with E-state index in [4.69, 9.17) is 10.8 Å². The Kier molecular flexibility index (Phi) is 3.81. The van der Waals surface area contributed by atoms with Gasteiger partial charge in [0.2, 0.25) is 5.43 Å². The van der Waals surface area contributed by atoms with E-state index in [1.54, 1.807) is 34.9 Å². The number of halogens is 1. The van der Waals surface area contributed by atoms with Gasteiger partial charge >= 0.3 is 5.97 Å². The summed E-state index contributed by atoms with van der Waals surface area (Å²) >= 11 is 0. The summed E-state index contributed by atoms with van der Waals surface area (Å²) in [5.41, 5.74) is 6.59. The van der Waals surface area contributed by atoms with Crippen LogP contribution in [0.5, 0.6) is 0 Å². The molecule has 2 aromatic carbocycles. The smallest absolute Gasteiger partial charge is 0.341 e. The first-order valence-electron chi connectivity index (χ1n) is 7.38. The fourth-order valence-electron chi connectivity index (χ4n) is 2.71. The first-order valence-corrected chi connectivity index (χ1v) is 7.38. The maximum absolute atomic E-state index is 14.5. The van der Waals surface area contributed by atoms with Crippen molar-refractivity contribution in [1.82, 2.24) is 4.57 Å². The molecule has 5 nitrogen and oxygen atoms in total. The zero-order chi connectivity index (χ0) is 17.4. The number of pyridine rings is 1. The van der Waals surface area contributed by atoms with Gasteiger partial charge in [-0.3, -0.25) is 4.79 Å². The maximum Gasteiger partial charge on any atom is 0.341 e. The Hall–Kier alpha value is -3.15. The number of anilines is 1. The molecule has 0 radical (unpaired) electrons. The van der Waals surface area contributed by atoms with Crippen LogP contribution < -0.4 is 11.2 Å². The van der Waals surface area contributed by atoms with Gasteiger partial charge in [-0.1, -0.05) is 12.1 Å². The highest BCUT2D eigenvalue weighted by atomic mass is 19.1. The number of hydrogen-bond donors (Lipinski definition) is 2. The van der Waals surface area contributed by atoms with Gasteiger partial charge in [-0.05, 0) is 36.8 Å². The van der Waals surface area contributed by atoms with Gasteiger partial charge in [0.05, 0.1) is 5.52 Å². The summed E-state index contributed by atoms with van der Waals surface area (Å²) in [6.45, 7) is 2.27. The van der Waals surface area contributed by atoms with Crippen LogP contribution in [0.15, 0.2) is 47.4 Å². The highest BCUT2D eigenvalue weighted by Crippen LogP contribution is 2.27. The fourth-order valence-corrected chi connectivity index (χ4v) is 2.71. The summed E-state index contributed by atoms with van der Waals surface area (Å²) < 4.78 is 16.2. The summed E-state index contributed by atoms with van der Waals surface area (Å²) in [4.78, 5) is 23.5. The van der Waals surface area contributed by atoms with E-state index >= 15 is 0 Å². The van der Waals surface area contributed by atoms with Crippen molar-refractivity contribution in [2.45, 2.75) is 13.5 Å². The molecule has 0 aliphatic heterocycles. The third kappa shape index (κ3) is 2.52. The molecule has 0 amide bonds. The molecule has 0 unspecified atom stereocenters. The average Bonchev–Trinajstić information content (AvgIpc) is 2.56. The molecule has 0 aliphatic rings. The Morgan fingerprint density at radius 2 is 1.92 bits per heavy atom. The monoisotopic (exact) mass is 326 g/mol. The molecule has 0 spiro atoms. The summed E-state index contributed by atoms with van der Waals surface area (Å²) in [5.74, 6) is -1.92. The molecule has 122 valence electrons. The van der Waals surface area contributed by atoms with E-state index in [9.17, 15) is 14.0 Å². The van der Waals surface area contributed by atoms with Crippen molar-refractivity contribution in [2.24, 2.45) is 0 Å². The van der Waals surface area contributed by atoms with Crippen molar-refractivity contribution < 1.29 is 14.3 Å². The number of nitrogen functional groups attached to an aromatic ring is 1. The van der Waals surface area contributed by atoms with Gasteiger partial charge in [0.15, 0.2) is 0 Å². The standard InChI is InChI=1S/C18H15FN2O3/c1-2-21-9-14(18(23)24)17(22)13-7-15(19)12(8-16(13)21)10-3-5-11(20)6-4-10/h3-9H,2,20H2,1H3,(H,23,24). The lowest BCUT2D eigenvalue weighted by Crippen LogP contribution is -2.19. The number of hydrogen-bond acceptors (Lipinski definition) is 3. The van der Waals surface area contributed by atoms with Crippen molar-refractivity contribution in [3.63, 3.8) is 0 Å². The van der Waals surface area contributed by atoms with Gasteiger partial charge in [-0.2, -0.15) is 0 Å². The van der Waals surface area contributed by atoms with Gasteiger partial charge in [0.1, 0.15) is 11.4 Å². The highest BCUT2D eigenvalue weighted by molar-refractivity contribution is 5.94. The van der Waals surface area contributed by atoms with E-state index < -0.39 is 17.2 Å². The number of carboxylic acids is 1. The van der Waals surface area contributed by atoms with Gasteiger partial charge in [-0.15, -0.1) is 0 Å². The zero-order valence-electron chi connectivity index (χ0n) is 12.9. The predicted octanol–water partition coefficient (Wildman–Crippen LogP) is 3.11. The number of aromatic nitrogens is 1. The fraction of sp³-hybridized carbons (Fsp3) is 0.111. The Balaban J connectivity index is 2.35. The molecule has 0 aliphatic carbocycles. The molecule has 24 heavy (non-hydrogen) atoms. The topological polar surface area (TPSA) is 85.3 Å². The lowest BCUT2D eigenvalue weighted by molar-refractivity contribution is 0.0695. The molecule has 0 saturated heterocycles. The second-order valence-corrected chi connectivity index (χ2v) is 5.43. The number of fused-ring (bicyclic) bond motifs is 1. The van der Waals surface area contributed by atoms with Crippen molar-refractivity contribution in [3.8, 4) is 11.1 Å². The van der Waals surface area contributed by atoms with E-state index in [1.807, 2.05) is 6.92 Å². The molecule has 1 heterocycles. The summed E-state index contributed by atoms with van der Waals surface area (Å²) in [7, 11) is 0. The van der Waals surface area contributed by atoms with Crippen LogP contribution in [-0.2, 0) is 6.54 Å². The molecular formula is C18H15FN2O3. The van der Waals surface area contributed by atoms with Crippen LogP contribution in [0, 0.1) is 5.82 Å². The maximum atomic E-state index is 14.5. The number of benzene rings is 2. The van der Waals surface area contributed by atoms with Crippen LogP contribution in [0.25, 0.3) is 22.0 Å². The Bertz CT molecular complexity index is 1010. The number of nitrogens with zero attached hydrogens (tertiary/aromatic N) is 1. The highest BCUT2D eigenvalue weighted by Gasteiger charge is 2.17. The third-order valence-electron chi connectivity index (χ3n) is 3.96. The minimum atomic E-state index is -1.33. The predicted molar refractivity (Wildman–Crippen MR) is 90.6 cm³/mol. The lowest BCUT2D eigenvalue weighted by atomic mass is 10.0. The van der Waals surface area contributed by atoms with Gasteiger partial charge in [-0.25, -0.2) is 9.18 Å². The third-order valence-corrected chi connectivity index (χ3v) is 3.96. The second kappa shape index (κ2) is 5.81. The van der Waals surface area contributed by atoms with Crippen molar-refractivity contribution in [1.29, 1.82) is 0 Å². The van der Waals surface area contributed by atoms with E-state index in [0.717, 1.165) is 6.07 Å². The van der Waals surface area contributed by atoms with Crippen LogP contribution in [-0.4, -0.2) is 15.6 Å². The molecule has 0 fully saturated rings. The van der Waals surface area contributed by atoms with Crippen LogP contribution in [0.3, 0.4) is 0 Å². The number of nitrogens with two attached hydrogens (primary N) is 1. The number of carboxylic acid groups (broad SMARTS) is 1. The molecular weight excluding hydrogens is 311 g/mol. The average molecular weight is 326 g/mol. The first-order chi connectivity index (χ1) is 11.4. The molecule has 0 bridgehead atoms. The van der Waals surface area contributed by atoms with E-state index in [1.165, 1.54) is 6.20 Å². The molecule has 0 atom stereocenters. The Morgan fingerprint density at radius 3 is 2.50 bits per heavy atom. The minimum Gasteiger partial charge on any atom is -0.477 e. The molecule has 0 saturated carbocycles. The molecule has 3 aromatic rings. The quantitative estimate of drug-likeness (QED) is 0.724. The Morgan fingerprint density at radius 1 is 1.25 bits per heavy atom. The largest absolute Gasteiger partial charge is 0.477 e. The minimum absolute atomic E-state index is 0.0495. The van der Waals surface area contributed by atoms with Gasteiger partial charge < -0.3 is 15.4 Å². The van der Waals surface area contributed by atoms with Crippen LogP contribution in [0.1, 0.15) is 17.3 Å². The summed E-state index contributed by atoms with van der Waals surface area (Å²) in [5, 5.41) is 9.20. The zero-order valence-corrected chi connectivity index (χ0v) is 12.9. The SMILES string of the molecule is CCn1cc(C(=O)O)c(=O)c2cc(F)c(-c3ccc(N)cc3)cc21. The molecule has 3 N–H and O–H groups in total. The van der Waals surface area contributed by atoms with Gasteiger partial charge in [0.25, 0.3) is 0 Å². The van der Waals surface area contributed by atoms with Crippen molar-refractivity contribution in [3.05, 3.63) is 64.2 Å². The first kappa shape index (κ1) is 15.7. The number of aromatic carboxylic acids is 1. The normalized spacial score (nSPS) is 10.9. The van der Waals surface area contributed by atoms with Gasteiger partial charge in [0, 0.05) is 29.4 Å². The Labute approximate surface area is 136 Å². The number of aryl methyl sites for hydroxylation is 1. The number of carbonyl (C=O) groups is 1. The van der Waals surface area contributed by atoms with Crippen LogP contribution in [0.4, 0.5) is 10.1 Å². The number of rotatable bonds is 3.